The van der Waals surface area contributed by atoms with Crippen LogP contribution in [-0.2, 0) is 0 Å². The molecule has 0 atom stereocenters. The van der Waals surface area contributed by atoms with E-state index >= 15 is 0 Å². The molecule has 3 aromatic rings. The number of nitrogens with one attached hydrogen (secondary N) is 1. The van der Waals surface area contributed by atoms with Crippen molar-refractivity contribution in [2.45, 2.75) is 11.0 Å². The highest BCUT2D eigenvalue weighted by Crippen LogP contribution is 2.32. The Morgan fingerprint density at radius 3 is 2.64 bits per heavy atom. The van der Waals surface area contributed by atoms with Crippen LogP contribution in [0, 0.1) is 5.82 Å². The maximum atomic E-state index is 13.2. The minimum absolute atomic E-state index is 0.182. The summed E-state index contributed by atoms with van der Waals surface area (Å²) in [6, 6.07) is 13.1. The average Bonchev–Trinajstić information content (AvgIpc) is 2.89. The molecule has 1 saturated heterocycles. The zero-order valence-electron chi connectivity index (χ0n) is 11.8. The molecular formula is C17H15FN2OS. The normalized spacial score (nSPS) is 16.1. The number of H-pyrrole nitrogens is 1. The molecule has 4 rings (SSSR count). The molecule has 2 aromatic carbocycles. The molecular weight excluding hydrogens is 299 g/mol. The lowest BCUT2D eigenvalue weighted by Gasteiger charge is -2.34. The van der Waals surface area contributed by atoms with E-state index in [1.54, 1.807) is 18.0 Å². The second kappa shape index (κ2) is 5.43. The van der Waals surface area contributed by atoms with Crippen LogP contribution in [0.2, 0.25) is 0 Å². The number of halogens is 1. The van der Waals surface area contributed by atoms with E-state index in [2.05, 4.69) is 33.6 Å². The molecule has 1 fully saturated rings. The molecule has 2 N–H and O–H groups in total. The lowest BCUT2D eigenvalue weighted by molar-refractivity contribution is 0.0616. The van der Waals surface area contributed by atoms with Crippen molar-refractivity contribution < 1.29 is 9.50 Å². The summed E-state index contributed by atoms with van der Waals surface area (Å²) in [6.07, 6.45) is 1.73. The predicted molar refractivity (Wildman–Crippen MR) is 87.1 cm³/mol. The Hall–Kier alpha value is -1.82. The van der Waals surface area contributed by atoms with Crippen molar-refractivity contribution in [3.8, 4) is 11.1 Å². The van der Waals surface area contributed by atoms with E-state index in [4.69, 9.17) is 0 Å². The highest BCUT2D eigenvalue weighted by Gasteiger charge is 2.24. The molecule has 3 nitrogen and oxygen atoms in total. The fraction of sp³-hybridized carbons (Fsp3) is 0.176. The zero-order chi connectivity index (χ0) is 15.1. The Kier molecular flexibility index (Phi) is 3.41. The molecule has 0 radical (unpaired) electrons. The standard InChI is InChI=1S/C17H15FN2OS/c18-12-3-6-15-16(8-19-17(15)7-12)11-1-4-14(5-2-11)22-20-9-13(21)10-20/h1-8,13,19,21H,9-10H2. The SMILES string of the molecule is OC1CN(Sc2ccc(-c3c[nH]c4cc(F)ccc34)cc2)C1. The number of aromatic amines is 1. The van der Waals surface area contributed by atoms with E-state index in [-0.39, 0.29) is 11.9 Å². The number of hydrogen-bond acceptors (Lipinski definition) is 3. The Balaban J connectivity index is 1.59. The second-order valence-corrected chi connectivity index (χ2v) is 6.68. The molecule has 0 bridgehead atoms. The Morgan fingerprint density at radius 2 is 1.91 bits per heavy atom. The van der Waals surface area contributed by atoms with Crippen molar-refractivity contribution in [2.75, 3.05) is 13.1 Å². The molecule has 0 spiro atoms. The number of aliphatic hydroxyl groups is 1. The van der Waals surface area contributed by atoms with Gasteiger partial charge in [0.25, 0.3) is 0 Å². The summed E-state index contributed by atoms with van der Waals surface area (Å²) < 4.78 is 15.4. The first kappa shape index (κ1) is 13.8. The van der Waals surface area contributed by atoms with Crippen LogP contribution in [0.1, 0.15) is 0 Å². The van der Waals surface area contributed by atoms with Gasteiger partial charge in [0.15, 0.2) is 0 Å². The molecule has 0 saturated carbocycles. The number of benzene rings is 2. The number of aromatic nitrogens is 1. The minimum Gasteiger partial charge on any atom is -0.390 e. The number of β-amino-alcohol motifs (C(OH)–C–C–N with tert-alkyl or cyclic N) is 1. The molecule has 1 aliphatic rings. The van der Waals surface area contributed by atoms with Gasteiger partial charge in [0, 0.05) is 40.6 Å². The lowest BCUT2D eigenvalue weighted by atomic mass is 10.1. The second-order valence-electron chi connectivity index (χ2n) is 5.51. The van der Waals surface area contributed by atoms with E-state index in [0.717, 1.165) is 40.0 Å². The third kappa shape index (κ3) is 2.52. The van der Waals surface area contributed by atoms with E-state index in [0.29, 0.717) is 0 Å². The molecule has 1 aliphatic heterocycles. The average molecular weight is 314 g/mol. The van der Waals surface area contributed by atoms with Crippen molar-refractivity contribution in [3.05, 3.63) is 54.5 Å². The lowest BCUT2D eigenvalue weighted by Crippen LogP contribution is -2.46. The van der Waals surface area contributed by atoms with Gasteiger partial charge in [0.05, 0.1) is 6.10 Å². The number of fused-ring (bicyclic) bond motifs is 1. The highest BCUT2D eigenvalue weighted by atomic mass is 32.2. The van der Waals surface area contributed by atoms with Crippen molar-refractivity contribution in [2.24, 2.45) is 0 Å². The number of rotatable bonds is 3. The summed E-state index contributed by atoms with van der Waals surface area (Å²) >= 11 is 1.66. The molecule has 0 unspecified atom stereocenters. The first-order chi connectivity index (χ1) is 10.7. The predicted octanol–water partition coefficient (Wildman–Crippen LogP) is 3.66. The van der Waals surface area contributed by atoms with E-state index in [9.17, 15) is 9.50 Å². The minimum atomic E-state index is -0.232. The monoisotopic (exact) mass is 314 g/mol. The first-order valence-corrected chi connectivity index (χ1v) is 7.94. The van der Waals surface area contributed by atoms with Gasteiger partial charge in [-0.1, -0.05) is 12.1 Å². The Bertz CT molecular complexity index is 809. The fourth-order valence-corrected chi connectivity index (χ4v) is 3.72. The largest absolute Gasteiger partial charge is 0.390 e. The van der Waals surface area contributed by atoms with Crippen LogP contribution in [0.15, 0.2) is 53.6 Å². The van der Waals surface area contributed by atoms with Gasteiger partial charge in [-0.25, -0.2) is 8.70 Å². The topological polar surface area (TPSA) is 39.3 Å². The number of nitrogens with zero attached hydrogens (tertiary/aromatic N) is 1. The smallest absolute Gasteiger partial charge is 0.125 e. The summed E-state index contributed by atoms with van der Waals surface area (Å²) in [5, 5.41) is 10.3. The summed E-state index contributed by atoms with van der Waals surface area (Å²) in [7, 11) is 0. The van der Waals surface area contributed by atoms with Crippen LogP contribution < -0.4 is 0 Å². The van der Waals surface area contributed by atoms with Crippen molar-refractivity contribution in [3.63, 3.8) is 0 Å². The number of aliphatic hydroxyl groups excluding tert-OH is 1. The van der Waals surface area contributed by atoms with Crippen LogP contribution in [0.4, 0.5) is 4.39 Å². The quantitative estimate of drug-likeness (QED) is 0.725. The maximum absolute atomic E-state index is 13.2. The Labute approximate surface area is 131 Å². The van der Waals surface area contributed by atoms with Gasteiger partial charge >= 0.3 is 0 Å². The van der Waals surface area contributed by atoms with E-state index in [1.165, 1.54) is 12.1 Å². The van der Waals surface area contributed by atoms with Gasteiger partial charge in [0.1, 0.15) is 5.82 Å². The summed E-state index contributed by atoms with van der Waals surface area (Å²) in [4.78, 5) is 4.27. The van der Waals surface area contributed by atoms with Crippen LogP contribution in [0.5, 0.6) is 0 Å². The van der Waals surface area contributed by atoms with Crippen molar-refractivity contribution in [1.29, 1.82) is 0 Å². The van der Waals surface area contributed by atoms with Crippen LogP contribution in [0.25, 0.3) is 22.0 Å². The van der Waals surface area contributed by atoms with Gasteiger partial charge in [-0.2, -0.15) is 0 Å². The number of hydrogen-bond donors (Lipinski definition) is 2. The van der Waals surface area contributed by atoms with Gasteiger partial charge in [-0.15, -0.1) is 0 Å². The molecule has 0 aliphatic carbocycles. The van der Waals surface area contributed by atoms with Gasteiger partial charge < -0.3 is 10.1 Å². The molecule has 1 aromatic heterocycles. The van der Waals surface area contributed by atoms with E-state index in [1.807, 2.05) is 6.20 Å². The third-order valence-corrected chi connectivity index (χ3v) is 4.91. The maximum Gasteiger partial charge on any atom is 0.125 e. The highest BCUT2D eigenvalue weighted by molar-refractivity contribution is 7.97. The van der Waals surface area contributed by atoms with Crippen molar-refractivity contribution >= 4 is 22.9 Å². The van der Waals surface area contributed by atoms with Crippen LogP contribution in [0.3, 0.4) is 0 Å². The first-order valence-electron chi connectivity index (χ1n) is 7.17. The summed E-state index contributed by atoms with van der Waals surface area (Å²) in [6.45, 7) is 1.45. The van der Waals surface area contributed by atoms with Gasteiger partial charge in [-0.3, -0.25) is 0 Å². The molecule has 5 heteroatoms. The van der Waals surface area contributed by atoms with Crippen molar-refractivity contribution in [1.82, 2.24) is 9.29 Å². The zero-order valence-corrected chi connectivity index (χ0v) is 12.6. The molecule has 0 amide bonds. The Morgan fingerprint density at radius 1 is 1.14 bits per heavy atom. The molecule has 2 heterocycles. The molecule has 22 heavy (non-hydrogen) atoms. The van der Waals surface area contributed by atoms with E-state index < -0.39 is 0 Å². The fourth-order valence-electron chi connectivity index (χ4n) is 2.67. The summed E-state index contributed by atoms with van der Waals surface area (Å²) in [5.74, 6) is -0.232. The van der Waals surface area contributed by atoms with Crippen LogP contribution in [-0.4, -0.2) is 33.6 Å². The molecule has 112 valence electrons. The third-order valence-electron chi connectivity index (χ3n) is 3.87. The van der Waals surface area contributed by atoms with Gasteiger partial charge in [-0.05, 0) is 47.8 Å². The van der Waals surface area contributed by atoms with Crippen LogP contribution >= 0.6 is 11.9 Å². The summed E-state index contributed by atoms with van der Waals surface area (Å²) in [5.41, 5.74) is 2.99. The van der Waals surface area contributed by atoms with Gasteiger partial charge in [0.2, 0.25) is 0 Å².